The second-order valence-corrected chi connectivity index (χ2v) is 7.13. The molecule has 1 fully saturated rings. The first-order valence-corrected chi connectivity index (χ1v) is 9.84. The maximum absolute atomic E-state index is 13.3. The number of benzene rings is 1. The smallest absolute Gasteiger partial charge is 0.419 e. The highest BCUT2D eigenvalue weighted by molar-refractivity contribution is 5.97. The fraction of sp³-hybridized carbons (Fsp3) is 0.286. The number of nitrogen functional groups attached to an aromatic ring is 1. The summed E-state index contributed by atoms with van der Waals surface area (Å²) in [5.74, 6) is 0.330. The number of aromatic amines is 1. The fourth-order valence-corrected chi connectivity index (χ4v) is 3.44. The lowest BCUT2D eigenvalue weighted by atomic mass is 10.0. The minimum Gasteiger partial charge on any atom is -0.444 e. The highest BCUT2D eigenvalue weighted by Crippen LogP contribution is 2.39. The molecular weight excluding hydrogens is 409 g/mol. The summed E-state index contributed by atoms with van der Waals surface area (Å²) in [5, 5.41) is 3.86. The zero-order chi connectivity index (χ0) is 21.8. The number of fused-ring (bicyclic) bond motifs is 1. The Morgan fingerprint density at radius 1 is 1.06 bits per heavy atom. The van der Waals surface area contributed by atoms with Gasteiger partial charge in [0.1, 0.15) is 5.56 Å². The van der Waals surface area contributed by atoms with Crippen molar-refractivity contribution in [2.24, 2.45) is 0 Å². The number of oxazole rings is 1. The summed E-state index contributed by atoms with van der Waals surface area (Å²) in [7, 11) is 0. The van der Waals surface area contributed by atoms with E-state index < -0.39 is 11.7 Å². The molecule has 0 atom stereocenters. The van der Waals surface area contributed by atoms with Crippen LogP contribution in [0.25, 0.3) is 33.5 Å². The molecule has 10 heteroatoms. The average molecular weight is 430 g/mol. The predicted molar refractivity (Wildman–Crippen MR) is 111 cm³/mol. The average Bonchev–Trinajstić information content (AvgIpc) is 3.44. The van der Waals surface area contributed by atoms with Crippen LogP contribution in [0.1, 0.15) is 24.8 Å². The standard InChI is InChI=1S/C16H10F3N5O.C5H11N/c17-16(18,19)11-5-23-15(20)24-14(11)10-4-22-12-3-8(1-2-9(10)12)13-6-21-7-25-13;1-2-4-6-5-3-1/h1-7,22H,(H2,20,23,24);6H,1-5H2. The van der Waals surface area contributed by atoms with E-state index in [4.69, 9.17) is 10.2 Å². The van der Waals surface area contributed by atoms with Crippen molar-refractivity contribution in [1.29, 1.82) is 0 Å². The molecule has 162 valence electrons. The second-order valence-electron chi connectivity index (χ2n) is 7.13. The maximum Gasteiger partial charge on any atom is 0.419 e. The zero-order valence-electron chi connectivity index (χ0n) is 16.5. The van der Waals surface area contributed by atoms with Gasteiger partial charge in [-0.25, -0.2) is 15.0 Å². The number of nitrogens with one attached hydrogen (secondary N) is 2. The molecule has 1 aromatic carbocycles. The van der Waals surface area contributed by atoms with E-state index in [-0.39, 0.29) is 11.6 Å². The lowest BCUT2D eigenvalue weighted by molar-refractivity contribution is -0.137. The van der Waals surface area contributed by atoms with E-state index in [0.717, 1.165) is 5.56 Å². The number of alkyl halides is 3. The van der Waals surface area contributed by atoms with Crippen LogP contribution >= 0.6 is 0 Å². The van der Waals surface area contributed by atoms with Gasteiger partial charge < -0.3 is 20.5 Å². The highest BCUT2D eigenvalue weighted by Gasteiger charge is 2.36. The number of anilines is 1. The Hall–Kier alpha value is -3.40. The summed E-state index contributed by atoms with van der Waals surface area (Å²) in [4.78, 5) is 14.1. The molecule has 1 saturated heterocycles. The molecule has 4 N–H and O–H groups in total. The molecule has 1 aliphatic heterocycles. The Morgan fingerprint density at radius 2 is 1.87 bits per heavy atom. The van der Waals surface area contributed by atoms with Gasteiger partial charge in [0.2, 0.25) is 5.95 Å². The molecule has 7 nitrogen and oxygen atoms in total. The van der Waals surface area contributed by atoms with Crippen LogP contribution in [0, 0.1) is 0 Å². The van der Waals surface area contributed by atoms with Crippen molar-refractivity contribution >= 4 is 16.9 Å². The van der Waals surface area contributed by atoms with Crippen LogP contribution in [0.3, 0.4) is 0 Å². The Labute approximate surface area is 175 Å². The third kappa shape index (κ3) is 4.69. The number of piperidine rings is 1. The summed E-state index contributed by atoms with van der Waals surface area (Å²) >= 11 is 0. The summed E-state index contributed by atoms with van der Waals surface area (Å²) in [6, 6.07) is 5.19. The van der Waals surface area contributed by atoms with Gasteiger partial charge in [-0.05, 0) is 32.0 Å². The van der Waals surface area contributed by atoms with Gasteiger partial charge in [-0.3, -0.25) is 0 Å². The van der Waals surface area contributed by atoms with Crippen LogP contribution in [0.15, 0.2) is 47.6 Å². The molecule has 1 aliphatic rings. The number of H-pyrrole nitrogens is 1. The number of nitrogens with two attached hydrogens (primary N) is 1. The van der Waals surface area contributed by atoms with E-state index in [1.807, 2.05) is 0 Å². The second kappa shape index (κ2) is 8.76. The predicted octanol–water partition coefficient (Wildman–Crippen LogP) is 4.64. The van der Waals surface area contributed by atoms with Crippen LogP contribution < -0.4 is 11.1 Å². The van der Waals surface area contributed by atoms with E-state index in [1.54, 1.807) is 24.4 Å². The summed E-state index contributed by atoms with van der Waals surface area (Å²) in [5.41, 5.74) is 5.95. The molecule has 3 aromatic heterocycles. The third-order valence-electron chi connectivity index (χ3n) is 4.97. The molecule has 0 unspecified atom stereocenters. The van der Waals surface area contributed by atoms with Crippen LogP contribution in [-0.2, 0) is 6.18 Å². The Balaban J connectivity index is 0.000000334. The SMILES string of the molecule is C1CCNCC1.Nc1ncc(C(F)(F)F)c(-c2c[nH]c3cc(-c4cnco4)ccc23)n1. The lowest BCUT2D eigenvalue weighted by Crippen LogP contribution is -2.21. The first kappa shape index (κ1) is 20.9. The van der Waals surface area contributed by atoms with Gasteiger partial charge in [0.15, 0.2) is 12.2 Å². The quantitative estimate of drug-likeness (QED) is 0.428. The molecule has 4 aromatic rings. The van der Waals surface area contributed by atoms with E-state index in [1.165, 1.54) is 44.9 Å². The minimum absolute atomic E-state index is 0.226. The first-order chi connectivity index (χ1) is 14.9. The number of rotatable bonds is 2. The molecule has 5 rings (SSSR count). The van der Waals surface area contributed by atoms with Gasteiger partial charge in [-0.1, -0.05) is 18.6 Å². The molecule has 0 saturated carbocycles. The van der Waals surface area contributed by atoms with Gasteiger partial charge in [0.25, 0.3) is 0 Å². The maximum atomic E-state index is 13.3. The Bertz CT molecular complexity index is 1140. The fourth-order valence-electron chi connectivity index (χ4n) is 3.44. The number of nitrogens with zero attached hydrogens (tertiary/aromatic N) is 3. The summed E-state index contributed by atoms with van der Waals surface area (Å²) in [6.07, 6.45) is 4.64. The van der Waals surface area contributed by atoms with Crippen LogP contribution in [0.2, 0.25) is 0 Å². The topological polar surface area (TPSA) is 106 Å². The Morgan fingerprint density at radius 3 is 2.48 bits per heavy atom. The van der Waals surface area contributed by atoms with E-state index in [0.29, 0.717) is 28.4 Å². The van der Waals surface area contributed by atoms with Crippen molar-refractivity contribution < 1.29 is 17.6 Å². The van der Waals surface area contributed by atoms with Crippen molar-refractivity contribution in [2.75, 3.05) is 18.8 Å². The third-order valence-corrected chi connectivity index (χ3v) is 4.97. The normalized spacial score (nSPS) is 14.3. The summed E-state index contributed by atoms with van der Waals surface area (Å²) < 4.78 is 45.0. The molecule has 0 radical (unpaired) electrons. The minimum atomic E-state index is -4.59. The van der Waals surface area contributed by atoms with Crippen molar-refractivity contribution in [2.45, 2.75) is 25.4 Å². The van der Waals surface area contributed by atoms with Crippen molar-refractivity contribution in [3.8, 4) is 22.6 Å². The first-order valence-electron chi connectivity index (χ1n) is 9.84. The number of hydrogen-bond acceptors (Lipinski definition) is 6. The van der Waals surface area contributed by atoms with Crippen LogP contribution in [0.4, 0.5) is 19.1 Å². The van der Waals surface area contributed by atoms with Gasteiger partial charge in [0.05, 0.1) is 11.9 Å². The van der Waals surface area contributed by atoms with Crippen molar-refractivity contribution in [3.63, 3.8) is 0 Å². The number of halogens is 3. The Kier molecular flexibility index (Phi) is 5.90. The van der Waals surface area contributed by atoms with E-state index >= 15 is 0 Å². The van der Waals surface area contributed by atoms with Crippen molar-refractivity contribution in [1.82, 2.24) is 25.3 Å². The highest BCUT2D eigenvalue weighted by atomic mass is 19.4. The van der Waals surface area contributed by atoms with E-state index in [2.05, 4.69) is 25.3 Å². The molecule has 31 heavy (non-hydrogen) atoms. The summed E-state index contributed by atoms with van der Waals surface area (Å²) in [6.45, 7) is 2.50. The molecule has 0 spiro atoms. The molecule has 0 amide bonds. The molecule has 0 aliphatic carbocycles. The van der Waals surface area contributed by atoms with E-state index in [9.17, 15) is 13.2 Å². The molecular formula is C21H21F3N6O. The van der Waals surface area contributed by atoms with Crippen LogP contribution in [0.5, 0.6) is 0 Å². The van der Waals surface area contributed by atoms with Gasteiger partial charge >= 0.3 is 6.18 Å². The van der Waals surface area contributed by atoms with Crippen molar-refractivity contribution in [3.05, 3.63) is 48.7 Å². The number of hydrogen-bond donors (Lipinski definition) is 3. The number of aromatic nitrogens is 4. The molecule has 0 bridgehead atoms. The largest absolute Gasteiger partial charge is 0.444 e. The zero-order valence-corrected chi connectivity index (χ0v) is 16.5. The lowest BCUT2D eigenvalue weighted by Gasteiger charge is -2.11. The van der Waals surface area contributed by atoms with Gasteiger partial charge in [-0.15, -0.1) is 0 Å². The van der Waals surface area contributed by atoms with Crippen LogP contribution in [-0.4, -0.2) is 33.0 Å². The monoisotopic (exact) mass is 430 g/mol. The molecule has 4 heterocycles. The van der Waals surface area contributed by atoms with Gasteiger partial charge in [0, 0.05) is 34.4 Å². The van der Waals surface area contributed by atoms with Gasteiger partial charge in [-0.2, -0.15) is 13.2 Å².